The van der Waals surface area contributed by atoms with Crippen LogP contribution in [0.4, 0.5) is 0 Å². The summed E-state index contributed by atoms with van der Waals surface area (Å²) in [6, 6.07) is 9.89. The summed E-state index contributed by atoms with van der Waals surface area (Å²) in [5.74, 6) is -0.244. The molecule has 1 heterocycles. The van der Waals surface area contributed by atoms with Gasteiger partial charge in [0.15, 0.2) is 11.2 Å². The lowest BCUT2D eigenvalue weighted by Crippen LogP contribution is -2.12. The van der Waals surface area contributed by atoms with Gasteiger partial charge in [-0.3, -0.25) is 9.59 Å². The van der Waals surface area contributed by atoms with Crippen molar-refractivity contribution in [3.05, 3.63) is 79.1 Å². The van der Waals surface area contributed by atoms with Crippen molar-refractivity contribution in [3.8, 4) is 0 Å². The first-order chi connectivity index (χ1) is 10.9. The van der Waals surface area contributed by atoms with Crippen molar-refractivity contribution in [2.24, 2.45) is 0 Å². The number of hydrogen-bond donors (Lipinski definition) is 1. The van der Waals surface area contributed by atoms with Crippen molar-refractivity contribution in [2.45, 2.75) is 13.8 Å². The number of halogens is 2. The third-order valence-corrected chi connectivity index (χ3v) is 4.59. The van der Waals surface area contributed by atoms with Crippen molar-refractivity contribution in [1.82, 2.24) is 4.98 Å². The van der Waals surface area contributed by atoms with Crippen LogP contribution < -0.4 is 5.43 Å². The van der Waals surface area contributed by atoms with E-state index in [4.69, 9.17) is 23.2 Å². The smallest absolute Gasteiger partial charge is 0.194 e. The molecule has 2 aromatic carbocycles. The number of aromatic amines is 1. The maximum atomic E-state index is 12.6. The van der Waals surface area contributed by atoms with Crippen LogP contribution in [0.3, 0.4) is 0 Å². The summed E-state index contributed by atoms with van der Waals surface area (Å²) >= 11 is 12.2. The summed E-state index contributed by atoms with van der Waals surface area (Å²) in [6.45, 7) is 3.56. The van der Waals surface area contributed by atoms with E-state index in [1.165, 1.54) is 0 Å². The molecule has 3 nitrogen and oxygen atoms in total. The second-order valence-corrected chi connectivity index (χ2v) is 6.20. The fraction of sp³-hybridized carbons (Fsp3) is 0.111. The number of carbonyl (C=O) groups excluding carboxylic acids is 1. The Hall–Kier alpha value is -2.10. The van der Waals surface area contributed by atoms with Crippen LogP contribution in [0.25, 0.3) is 10.9 Å². The highest BCUT2D eigenvalue weighted by atomic mass is 35.5. The Morgan fingerprint density at radius 1 is 1.00 bits per heavy atom. The zero-order valence-electron chi connectivity index (χ0n) is 12.5. The van der Waals surface area contributed by atoms with Gasteiger partial charge in [-0.25, -0.2) is 0 Å². The van der Waals surface area contributed by atoms with Crippen LogP contribution in [0.5, 0.6) is 0 Å². The zero-order valence-corrected chi connectivity index (χ0v) is 14.0. The van der Waals surface area contributed by atoms with Crippen LogP contribution in [-0.4, -0.2) is 10.8 Å². The van der Waals surface area contributed by atoms with Crippen LogP contribution in [0, 0.1) is 13.8 Å². The van der Waals surface area contributed by atoms with Crippen LogP contribution in [0.15, 0.2) is 41.2 Å². The molecular weight excluding hydrogens is 333 g/mol. The van der Waals surface area contributed by atoms with Gasteiger partial charge in [0.05, 0.1) is 15.9 Å². The fourth-order valence-electron chi connectivity index (χ4n) is 2.49. The number of fused-ring (bicyclic) bond motifs is 1. The van der Waals surface area contributed by atoms with Crippen LogP contribution >= 0.6 is 23.2 Å². The molecule has 0 unspecified atom stereocenters. The van der Waals surface area contributed by atoms with Gasteiger partial charge in [0.2, 0.25) is 0 Å². The van der Waals surface area contributed by atoms with Crippen LogP contribution in [0.1, 0.15) is 27.2 Å². The summed E-state index contributed by atoms with van der Waals surface area (Å²) in [5, 5.41) is 1.06. The number of ketones is 1. The lowest BCUT2D eigenvalue weighted by molar-refractivity contribution is 0.103. The molecule has 3 rings (SSSR count). The quantitative estimate of drug-likeness (QED) is 0.685. The normalized spacial score (nSPS) is 11.0. The summed E-state index contributed by atoms with van der Waals surface area (Å²) in [5.41, 5.74) is 2.61. The number of aryl methyl sites for hydroxylation is 1. The number of H-pyrrole nitrogens is 1. The van der Waals surface area contributed by atoms with Crippen molar-refractivity contribution >= 4 is 39.9 Å². The highest BCUT2D eigenvalue weighted by molar-refractivity contribution is 6.39. The minimum absolute atomic E-state index is 0.160. The number of rotatable bonds is 2. The third kappa shape index (κ3) is 2.67. The SMILES string of the molecule is Cc1[nH]c2ccc(C(=O)c3ccc(Cl)cc3)c(Cl)c2c(=O)c1C. The van der Waals surface area contributed by atoms with E-state index in [1.54, 1.807) is 43.3 Å². The lowest BCUT2D eigenvalue weighted by Gasteiger charge is -2.09. The minimum Gasteiger partial charge on any atom is -0.358 e. The highest BCUT2D eigenvalue weighted by Gasteiger charge is 2.18. The zero-order chi connectivity index (χ0) is 16.7. The first-order valence-electron chi connectivity index (χ1n) is 7.02. The van der Waals surface area contributed by atoms with E-state index in [0.717, 1.165) is 5.69 Å². The van der Waals surface area contributed by atoms with Gasteiger partial charge in [-0.1, -0.05) is 23.2 Å². The number of benzene rings is 2. The molecule has 1 aromatic heterocycles. The van der Waals surface area contributed by atoms with Gasteiger partial charge in [0, 0.05) is 27.4 Å². The van der Waals surface area contributed by atoms with E-state index in [9.17, 15) is 9.59 Å². The fourth-order valence-corrected chi connectivity index (χ4v) is 2.95. The minimum atomic E-state index is -0.244. The van der Waals surface area contributed by atoms with Crippen molar-refractivity contribution in [3.63, 3.8) is 0 Å². The molecule has 5 heteroatoms. The number of carbonyl (C=O) groups is 1. The Kier molecular flexibility index (Phi) is 4.00. The molecule has 1 N–H and O–H groups in total. The average Bonchev–Trinajstić information content (AvgIpc) is 2.53. The molecule has 0 aliphatic carbocycles. The molecule has 0 amide bonds. The maximum absolute atomic E-state index is 12.6. The molecule has 0 fully saturated rings. The maximum Gasteiger partial charge on any atom is 0.194 e. The molecule has 3 aromatic rings. The molecule has 0 aliphatic heterocycles. The molecule has 0 spiro atoms. The summed E-state index contributed by atoms with van der Waals surface area (Å²) in [7, 11) is 0. The van der Waals surface area contributed by atoms with Crippen molar-refractivity contribution < 1.29 is 4.79 Å². The molecule has 0 bridgehead atoms. The Balaban J connectivity index is 2.23. The van der Waals surface area contributed by atoms with Crippen LogP contribution in [0.2, 0.25) is 10.0 Å². The molecule has 0 atom stereocenters. The molecular formula is C18H13Cl2NO2. The Morgan fingerprint density at radius 3 is 2.30 bits per heavy atom. The van der Waals surface area contributed by atoms with Gasteiger partial charge in [0.25, 0.3) is 0 Å². The van der Waals surface area contributed by atoms with Gasteiger partial charge in [0.1, 0.15) is 0 Å². The summed E-state index contributed by atoms with van der Waals surface area (Å²) in [4.78, 5) is 28.3. The predicted octanol–water partition coefficient (Wildman–Crippen LogP) is 4.68. The van der Waals surface area contributed by atoms with E-state index < -0.39 is 0 Å². The van der Waals surface area contributed by atoms with Crippen molar-refractivity contribution in [2.75, 3.05) is 0 Å². The topological polar surface area (TPSA) is 49.9 Å². The van der Waals surface area contributed by atoms with Gasteiger partial charge < -0.3 is 4.98 Å². The van der Waals surface area contributed by atoms with E-state index >= 15 is 0 Å². The van der Waals surface area contributed by atoms with E-state index in [1.807, 2.05) is 6.92 Å². The Morgan fingerprint density at radius 2 is 1.65 bits per heavy atom. The number of aromatic nitrogens is 1. The molecule has 116 valence electrons. The summed E-state index contributed by atoms with van der Waals surface area (Å²) < 4.78 is 0. The highest BCUT2D eigenvalue weighted by Crippen LogP contribution is 2.27. The van der Waals surface area contributed by atoms with Crippen LogP contribution in [-0.2, 0) is 0 Å². The lowest BCUT2D eigenvalue weighted by atomic mass is 10.00. The number of hydrogen-bond acceptors (Lipinski definition) is 2. The molecule has 0 radical (unpaired) electrons. The van der Waals surface area contributed by atoms with Crippen molar-refractivity contribution in [1.29, 1.82) is 0 Å². The molecule has 0 aliphatic rings. The van der Waals surface area contributed by atoms with Gasteiger partial charge >= 0.3 is 0 Å². The second kappa shape index (κ2) is 5.84. The molecule has 0 saturated carbocycles. The molecule has 0 saturated heterocycles. The monoisotopic (exact) mass is 345 g/mol. The predicted molar refractivity (Wildman–Crippen MR) is 93.9 cm³/mol. The second-order valence-electron chi connectivity index (χ2n) is 5.39. The van der Waals surface area contributed by atoms with Gasteiger partial charge in [-0.15, -0.1) is 0 Å². The van der Waals surface area contributed by atoms with Gasteiger partial charge in [-0.2, -0.15) is 0 Å². The van der Waals surface area contributed by atoms with Gasteiger partial charge in [-0.05, 0) is 50.2 Å². The first kappa shape index (κ1) is 15.8. The summed E-state index contributed by atoms with van der Waals surface area (Å²) in [6.07, 6.45) is 0. The number of nitrogens with one attached hydrogen (secondary N) is 1. The number of pyridine rings is 1. The first-order valence-corrected chi connectivity index (χ1v) is 7.77. The van der Waals surface area contributed by atoms with E-state index in [0.29, 0.717) is 32.6 Å². The van der Waals surface area contributed by atoms with E-state index in [2.05, 4.69) is 4.98 Å². The standard InChI is InChI=1S/C18H13Cl2NO2/c1-9-10(2)21-14-8-7-13(16(20)15(14)17(9)22)18(23)11-3-5-12(19)6-4-11/h3-8H,1-2H3,(H,21,22). The third-order valence-electron chi connectivity index (χ3n) is 3.95. The Labute approximate surface area is 142 Å². The Bertz CT molecular complexity index is 989. The largest absolute Gasteiger partial charge is 0.358 e. The van der Waals surface area contributed by atoms with E-state index in [-0.39, 0.29) is 16.2 Å². The average molecular weight is 346 g/mol. The molecule has 23 heavy (non-hydrogen) atoms.